The summed E-state index contributed by atoms with van der Waals surface area (Å²) in [6.07, 6.45) is 0. The molecule has 0 saturated heterocycles. The molecule has 4 heteroatoms. The predicted octanol–water partition coefficient (Wildman–Crippen LogP) is 0.108. The second kappa shape index (κ2) is 16.1. The van der Waals surface area contributed by atoms with Gasteiger partial charge in [-0.15, -0.1) is 12.4 Å². The quantitative estimate of drug-likeness (QED) is 0.471. The van der Waals surface area contributed by atoms with Crippen molar-refractivity contribution < 1.29 is 25.2 Å². The van der Waals surface area contributed by atoms with Crippen LogP contribution in [0.3, 0.4) is 0 Å². The van der Waals surface area contributed by atoms with Gasteiger partial charge >= 0.3 is 75.5 Å². The van der Waals surface area contributed by atoms with Crippen molar-refractivity contribution in [2.45, 2.75) is 0 Å². The SMILES string of the molecule is Cl.[Ca+2].[Ca+2].[H-].[H-].[H-].[H-].[Zn]. The summed E-state index contributed by atoms with van der Waals surface area (Å²) in [5, 5.41) is 0. The van der Waals surface area contributed by atoms with Gasteiger partial charge < -0.3 is 5.71 Å². The van der Waals surface area contributed by atoms with Crippen LogP contribution in [0.25, 0.3) is 0 Å². The molecule has 0 rings (SSSR count). The van der Waals surface area contributed by atoms with Gasteiger partial charge in [0.05, 0.1) is 0 Å². The second-order valence-corrected chi connectivity index (χ2v) is 0. The maximum Gasteiger partial charge on any atom is 2.00 e. The van der Waals surface area contributed by atoms with Gasteiger partial charge in [-0.25, -0.2) is 0 Å². The number of hydrogen-bond acceptors (Lipinski definition) is 0. The standard InChI is InChI=1S/2Ca.ClH.Zn.4H/h;;1H;;;;;/q2*+2;;;4*-1. The van der Waals surface area contributed by atoms with Crippen molar-refractivity contribution >= 4 is 87.9 Å². The Balaban J connectivity index is 0. The van der Waals surface area contributed by atoms with E-state index in [4.69, 9.17) is 0 Å². The third-order valence-electron chi connectivity index (χ3n) is 0. The molecule has 18 valence electrons. The van der Waals surface area contributed by atoms with E-state index in [1.54, 1.807) is 0 Å². The van der Waals surface area contributed by atoms with Gasteiger partial charge in [-0.05, 0) is 0 Å². The van der Waals surface area contributed by atoms with E-state index in [1.165, 1.54) is 0 Å². The zero-order chi connectivity index (χ0) is 0. The summed E-state index contributed by atoms with van der Waals surface area (Å²) in [5.74, 6) is 0. The van der Waals surface area contributed by atoms with Gasteiger partial charge in [0.15, 0.2) is 0 Å². The predicted molar refractivity (Wildman–Crippen MR) is 23.2 cm³/mol. The van der Waals surface area contributed by atoms with Crippen LogP contribution >= 0.6 is 12.4 Å². The second-order valence-electron chi connectivity index (χ2n) is 0. The van der Waals surface area contributed by atoms with E-state index in [2.05, 4.69) is 0 Å². The van der Waals surface area contributed by atoms with Crippen molar-refractivity contribution in [1.29, 1.82) is 0 Å². The number of halogens is 1. The molecule has 0 unspecified atom stereocenters. The first kappa shape index (κ1) is 26.1. The van der Waals surface area contributed by atoms with Crippen LogP contribution in [0.1, 0.15) is 5.71 Å². The summed E-state index contributed by atoms with van der Waals surface area (Å²) in [6, 6.07) is 0. The van der Waals surface area contributed by atoms with Crippen molar-refractivity contribution in [3.05, 3.63) is 0 Å². The van der Waals surface area contributed by atoms with Crippen molar-refractivity contribution in [3.8, 4) is 0 Å². The van der Waals surface area contributed by atoms with Crippen LogP contribution < -0.4 is 0 Å². The molecular formula is H5Ca2ClZn. The summed E-state index contributed by atoms with van der Waals surface area (Å²) >= 11 is 0. The zero-order valence-corrected chi connectivity index (χ0v) is 10.7. The Labute approximate surface area is 111 Å². The molecule has 0 aromatic carbocycles. The minimum Gasteiger partial charge on any atom is -1.00 e. The minimum absolute atomic E-state index is 0. The maximum absolute atomic E-state index is 0. The smallest absolute Gasteiger partial charge is 1.00 e. The van der Waals surface area contributed by atoms with Crippen LogP contribution in [-0.2, 0) is 19.5 Å². The molecule has 0 fully saturated rings. The largest absolute Gasteiger partial charge is 2.00 e. The number of rotatable bonds is 0. The molecule has 0 nitrogen and oxygen atoms in total. The van der Waals surface area contributed by atoms with Crippen LogP contribution in [0.5, 0.6) is 0 Å². The molecule has 0 aliphatic heterocycles. The van der Waals surface area contributed by atoms with Crippen LogP contribution in [0.15, 0.2) is 0 Å². The molecule has 0 amide bonds. The Morgan fingerprint density at radius 3 is 1.00 bits per heavy atom. The van der Waals surface area contributed by atoms with Gasteiger partial charge in [0.25, 0.3) is 0 Å². The molecule has 0 atom stereocenters. The molecule has 0 aliphatic carbocycles. The van der Waals surface area contributed by atoms with E-state index in [0.717, 1.165) is 0 Å². The molecule has 4 heavy (non-hydrogen) atoms. The summed E-state index contributed by atoms with van der Waals surface area (Å²) in [6.45, 7) is 0. The van der Waals surface area contributed by atoms with Crippen molar-refractivity contribution in [2.24, 2.45) is 0 Å². The topological polar surface area (TPSA) is 0 Å². The average Bonchev–Trinajstić information content (AvgIpc) is 0. The van der Waals surface area contributed by atoms with Crippen LogP contribution in [-0.4, -0.2) is 75.5 Å². The third-order valence-corrected chi connectivity index (χ3v) is 0. The molecule has 0 radical (unpaired) electrons. The first-order chi connectivity index (χ1) is 0. The normalized spacial score (nSPS) is 0. The molecule has 0 aliphatic rings. The minimum atomic E-state index is 0. The maximum atomic E-state index is 0. The Morgan fingerprint density at radius 1 is 1.00 bits per heavy atom. The van der Waals surface area contributed by atoms with Crippen LogP contribution in [0.4, 0.5) is 0 Å². The van der Waals surface area contributed by atoms with Crippen LogP contribution in [0, 0.1) is 0 Å². The monoisotopic (exact) mass is 184 g/mol. The summed E-state index contributed by atoms with van der Waals surface area (Å²) in [5.41, 5.74) is 0. The summed E-state index contributed by atoms with van der Waals surface area (Å²) < 4.78 is 0. The van der Waals surface area contributed by atoms with Gasteiger partial charge in [-0.1, -0.05) is 0 Å². The van der Waals surface area contributed by atoms with Crippen molar-refractivity contribution in [3.63, 3.8) is 0 Å². The van der Waals surface area contributed by atoms with E-state index in [-0.39, 0.29) is 113 Å². The van der Waals surface area contributed by atoms with Gasteiger partial charge in [0.1, 0.15) is 0 Å². The molecule has 0 heterocycles. The fourth-order valence-electron chi connectivity index (χ4n) is 0. The van der Waals surface area contributed by atoms with Gasteiger partial charge in [-0.2, -0.15) is 0 Å². The van der Waals surface area contributed by atoms with E-state index in [9.17, 15) is 0 Å². The Bertz CT molecular complexity index is 14.0. The van der Waals surface area contributed by atoms with Gasteiger partial charge in [-0.3, -0.25) is 0 Å². The van der Waals surface area contributed by atoms with Gasteiger partial charge in [0, 0.05) is 19.5 Å². The third kappa shape index (κ3) is 9.06. The molecular weight excluding hydrogens is 181 g/mol. The zero-order valence-electron chi connectivity index (χ0n) is 6.53. The van der Waals surface area contributed by atoms with Crippen molar-refractivity contribution in [1.82, 2.24) is 0 Å². The van der Waals surface area contributed by atoms with E-state index < -0.39 is 0 Å². The Kier molecular flexibility index (Phi) is 105. The summed E-state index contributed by atoms with van der Waals surface area (Å²) in [7, 11) is 0. The molecule has 0 bridgehead atoms. The van der Waals surface area contributed by atoms with Gasteiger partial charge in [0.2, 0.25) is 0 Å². The number of hydrogen-bond donors (Lipinski definition) is 0. The van der Waals surface area contributed by atoms with E-state index in [0.29, 0.717) is 0 Å². The fraction of sp³-hybridized carbons (Fsp3) is 0. The average molecular weight is 186 g/mol. The first-order valence-corrected chi connectivity index (χ1v) is 0. The molecule has 0 N–H and O–H groups in total. The van der Waals surface area contributed by atoms with Crippen molar-refractivity contribution in [2.75, 3.05) is 0 Å². The first-order valence-electron chi connectivity index (χ1n) is 0. The molecule has 0 aromatic heterocycles. The molecule has 0 spiro atoms. The van der Waals surface area contributed by atoms with Crippen LogP contribution in [0.2, 0.25) is 0 Å². The van der Waals surface area contributed by atoms with E-state index in [1.807, 2.05) is 0 Å². The summed E-state index contributed by atoms with van der Waals surface area (Å²) in [4.78, 5) is 0. The van der Waals surface area contributed by atoms with E-state index >= 15 is 0 Å². The fourth-order valence-corrected chi connectivity index (χ4v) is 0. The molecule has 0 aromatic rings. The molecule has 0 saturated carbocycles. The Morgan fingerprint density at radius 2 is 1.00 bits per heavy atom. The Hall–Kier alpha value is 3.43.